The second-order valence-corrected chi connectivity index (χ2v) is 6.43. The summed E-state index contributed by atoms with van der Waals surface area (Å²) in [4.78, 5) is 13.9. The topological polar surface area (TPSA) is 49.3 Å². The lowest BCUT2D eigenvalue weighted by atomic mass is 9.86. The molecule has 1 amide bonds. The lowest BCUT2D eigenvalue weighted by Crippen LogP contribution is -2.57. The largest absolute Gasteiger partial charge is 0.388 e. The fourth-order valence-electron chi connectivity index (χ4n) is 1.19. The molecule has 0 atom stereocenters. The highest BCUT2D eigenvalue weighted by Gasteiger charge is 2.36. The zero-order valence-electron chi connectivity index (χ0n) is 11.1. The number of amides is 1. The van der Waals surface area contributed by atoms with Gasteiger partial charge in [0.25, 0.3) is 5.91 Å². The number of rotatable bonds is 4. The zero-order chi connectivity index (χ0) is 13.3. The fraction of sp³-hybridized carbons (Fsp3) is 0.615. The monoisotopic (exact) mass is 255 g/mol. The molecule has 2 N–H and O–H groups in total. The molecule has 0 bridgehead atoms. The van der Waals surface area contributed by atoms with Gasteiger partial charge in [-0.1, -0.05) is 6.92 Å². The molecular formula is C13H21NO2S. The summed E-state index contributed by atoms with van der Waals surface area (Å²) in [6.07, 6.45) is 0.937. The SMILES string of the molecule is CCc1ccc(C(=O)NC(C)(C)C(C)(C)O)s1. The third kappa shape index (κ3) is 3.30. The molecule has 0 aliphatic heterocycles. The molecule has 1 heterocycles. The second kappa shape index (κ2) is 4.78. The Morgan fingerprint density at radius 2 is 1.94 bits per heavy atom. The van der Waals surface area contributed by atoms with Gasteiger partial charge in [0.1, 0.15) is 0 Å². The Labute approximate surface area is 107 Å². The van der Waals surface area contributed by atoms with Crippen LogP contribution < -0.4 is 5.32 Å². The molecule has 0 aliphatic carbocycles. The van der Waals surface area contributed by atoms with Crippen molar-refractivity contribution < 1.29 is 9.90 Å². The Morgan fingerprint density at radius 1 is 1.35 bits per heavy atom. The molecule has 3 nitrogen and oxygen atoms in total. The lowest BCUT2D eigenvalue weighted by Gasteiger charge is -2.37. The molecule has 0 aromatic carbocycles. The average Bonchev–Trinajstić information content (AvgIpc) is 2.63. The minimum atomic E-state index is -0.965. The molecule has 0 saturated carbocycles. The van der Waals surface area contributed by atoms with Crippen LogP contribution in [0.1, 0.15) is 49.2 Å². The molecule has 96 valence electrons. The van der Waals surface area contributed by atoms with Crippen molar-refractivity contribution in [2.24, 2.45) is 0 Å². The minimum absolute atomic E-state index is 0.123. The minimum Gasteiger partial charge on any atom is -0.388 e. The summed E-state index contributed by atoms with van der Waals surface area (Å²) in [5.41, 5.74) is -1.63. The molecule has 1 aromatic heterocycles. The maximum absolute atomic E-state index is 12.0. The van der Waals surface area contributed by atoms with Gasteiger partial charge < -0.3 is 10.4 Å². The smallest absolute Gasteiger partial charge is 0.261 e. The van der Waals surface area contributed by atoms with Crippen LogP contribution in [0.25, 0.3) is 0 Å². The van der Waals surface area contributed by atoms with E-state index in [0.717, 1.165) is 6.42 Å². The number of thiophene rings is 1. The van der Waals surface area contributed by atoms with Crippen LogP contribution in [0.4, 0.5) is 0 Å². The summed E-state index contributed by atoms with van der Waals surface area (Å²) in [6.45, 7) is 9.09. The van der Waals surface area contributed by atoms with Crippen molar-refractivity contribution >= 4 is 17.2 Å². The van der Waals surface area contributed by atoms with Crippen LogP contribution in [-0.2, 0) is 6.42 Å². The van der Waals surface area contributed by atoms with Crippen molar-refractivity contribution in [2.45, 2.75) is 52.2 Å². The van der Waals surface area contributed by atoms with Crippen molar-refractivity contribution in [3.8, 4) is 0 Å². The average molecular weight is 255 g/mol. The quantitative estimate of drug-likeness (QED) is 0.869. The number of carbonyl (C=O) groups is 1. The highest BCUT2D eigenvalue weighted by atomic mass is 32.1. The molecule has 17 heavy (non-hydrogen) atoms. The number of aryl methyl sites for hydroxylation is 1. The van der Waals surface area contributed by atoms with Crippen LogP contribution in [0, 0.1) is 0 Å². The maximum Gasteiger partial charge on any atom is 0.261 e. The van der Waals surface area contributed by atoms with Crippen molar-refractivity contribution in [2.75, 3.05) is 0 Å². The van der Waals surface area contributed by atoms with Crippen LogP contribution in [-0.4, -0.2) is 22.2 Å². The predicted octanol–water partition coefficient (Wildman–Crippen LogP) is 2.59. The van der Waals surface area contributed by atoms with Gasteiger partial charge in [0.2, 0.25) is 0 Å². The van der Waals surface area contributed by atoms with Gasteiger partial charge in [-0.15, -0.1) is 11.3 Å². The predicted molar refractivity (Wildman–Crippen MR) is 71.5 cm³/mol. The van der Waals surface area contributed by atoms with Crippen LogP contribution in [0.2, 0.25) is 0 Å². The first-order valence-corrected chi connectivity index (χ1v) is 6.62. The van der Waals surface area contributed by atoms with E-state index in [9.17, 15) is 9.90 Å². The summed E-state index contributed by atoms with van der Waals surface area (Å²) < 4.78 is 0. The molecule has 0 saturated heterocycles. The van der Waals surface area contributed by atoms with Crippen LogP contribution in [0.15, 0.2) is 12.1 Å². The van der Waals surface area contributed by atoms with E-state index in [1.54, 1.807) is 13.8 Å². The van der Waals surface area contributed by atoms with Crippen molar-refractivity contribution in [1.82, 2.24) is 5.32 Å². The van der Waals surface area contributed by atoms with Gasteiger partial charge in [-0.3, -0.25) is 4.79 Å². The molecule has 0 radical (unpaired) electrons. The van der Waals surface area contributed by atoms with Gasteiger partial charge in [-0.25, -0.2) is 0 Å². The first-order chi connectivity index (χ1) is 7.67. The van der Waals surface area contributed by atoms with E-state index in [-0.39, 0.29) is 5.91 Å². The van der Waals surface area contributed by atoms with E-state index in [2.05, 4.69) is 12.2 Å². The van der Waals surface area contributed by atoms with Gasteiger partial charge in [0, 0.05) is 4.88 Å². The highest BCUT2D eigenvalue weighted by Crippen LogP contribution is 2.23. The van der Waals surface area contributed by atoms with Crippen molar-refractivity contribution in [3.63, 3.8) is 0 Å². The lowest BCUT2D eigenvalue weighted by molar-refractivity contribution is -0.00284. The number of nitrogens with one attached hydrogen (secondary N) is 1. The van der Waals surface area contributed by atoms with E-state index in [1.807, 2.05) is 26.0 Å². The Bertz CT molecular complexity index is 402. The number of hydrogen-bond donors (Lipinski definition) is 2. The summed E-state index contributed by atoms with van der Waals surface area (Å²) in [7, 11) is 0. The van der Waals surface area contributed by atoms with Gasteiger partial charge in [-0.05, 0) is 46.2 Å². The van der Waals surface area contributed by atoms with Crippen LogP contribution in [0.5, 0.6) is 0 Å². The highest BCUT2D eigenvalue weighted by molar-refractivity contribution is 7.14. The number of carbonyl (C=O) groups excluding carboxylic acids is 1. The first-order valence-electron chi connectivity index (χ1n) is 5.81. The summed E-state index contributed by atoms with van der Waals surface area (Å²) in [6, 6.07) is 3.80. The maximum atomic E-state index is 12.0. The summed E-state index contributed by atoms with van der Waals surface area (Å²) >= 11 is 1.50. The summed E-state index contributed by atoms with van der Waals surface area (Å²) in [5, 5.41) is 12.9. The fourth-order valence-corrected chi connectivity index (χ4v) is 2.03. The third-order valence-electron chi connectivity index (χ3n) is 3.19. The number of hydrogen-bond acceptors (Lipinski definition) is 3. The normalized spacial score (nSPS) is 12.6. The molecule has 0 spiro atoms. The first kappa shape index (κ1) is 14.2. The standard InChI is InChI=1S/C13H21NO2S/c1-6-9-7-8-10(17-9)11(15)14-12(2,3)13(4,5)16/h7-8,16H,6H2,1-5H3,(H,14,15). The van der Waals surface area contributed by atoms with Crippen LogP contribution >= 0.6 is 11.3 Å². The molecule has 0 aliphatic rings. The van der Waals surface area contributed by atoms with E-state index < -0.39 is 11.1 Å². The molecule has 1 rings (SSSR count). The van der Waals surface area contributed by atoms with Gasteiger partial charge in [0.05, 0.1) is 16.0 Å². The van der Waals surface area contributed by atoms with E-state index in [0.29, 0.717) is 4.88 Å². The van der Waals surface area contributed by atoms with Crippen molar-refractivity contribution in [1.29, 1.82) is 0 Å². The Balaban J connectivity index is 2.79. The summed E-state index contributed by atoms with van der Waals surface area (Å²) in [5.74, 6) is -0.123. The van der Waals surface area contributed by atoms with Gasteiger partial charge in [0.15, 0.2) is 0 Å². The molecule has 0 unspecified atom stereocenters. The third-order valence-corrected chi connectivity index (χ3v) is 4.42. The van der Waals surface area contributed by atoms with E-state index in [1.165, 1.54) is 16.2 Å². The Hall–Kier alpha value is -0.870. The molecule has 0 fully saturated rings. The van der Waals surface area contributed by atoms with Gasteiger partial charge >= 0.3 is 0 Å². The molecular weight excluding hydrogens is 234 g/mol. The second-order valence-electron chi connectivity index (χ2n) is 5.26. The number of aliphatic hydroxyl groups is 1. The van der Waals surface area contributed by atoms with Gasteiger partial charge in [-0.2, -0.15) is 0 Å². The molecule has 4 heteroatoms. The Morgan fingerprint density at radius 3 is 2.35 bits per heavy atom. The van der Waals surface area contributed by atoms with E-state index in [4.69, 9.17) is 0 Å². The zero-order valence-corrected chi connectivity index (χ0v) is 11.9. The molecule has 1 aromatic rings. The van der Waals surface area contributed by atoms with E-state index >= 15 is 0 Å². The Kier molecular flexibility index (Phi) is 3.99. The van der Waals surface area contributed by atoms with Crippen molar-refractivity contribution in [3.05, 3.63) is 21.9 Å². The van der Waals surface area contributed by atoms with Crippen LogP contribution in [0.3, 0.4) is 0 Å².